The molecule has 0 unspecified atom stereocenters. The third kappa shape index (κ3) is 3.61. The number of ether oxygens (including phenoxy) is 1. The van der Waals surface area contributed by atoms with E-state index in [4.69, 9.17) is 4.74 Å². The van der Waals surface area contributed by atoms with Crippen molar-refractivity contribution >= 4 is 0 Å². The first-order valence-corrected chi connectivity index (χ1v) is 7.52. The Labute approximate surface area is 126 Å². The summed E-state index contributed by atoms with van der Waals surface area (Å²) in [7, 11) is 0. The van der Waals surface area contributed by atoms with Crippen LogP contribution < -0.4 is 4.74 Å². The number of aryl methyl sites for hydroxylation is 2. The Balaban J connectivity index is 1.45. The van der Waals surface area contributed by atoms with Gasteiger partial charge in [-0.2, -0.15) is 0 Å². The van der Waals surface area contributed by atoms with Crippen LogP contribution in [0.2, 0.25) is 0 Å². The molecule has 1 fully saturated rings. The number of hydrogen-bond donors (Lipinski definition) is 0. The first-order chi connectivity index (χ1) is 10.2. The molecule has 0 radical (unpaired) electrons. The first-order valence-electron chi connectivity index (χ1n) is 7.52. The van der Waals surface area contributed by atoms with Gasteiger partial charge in [0.1, 0.15) is 5.75 Å². The fourth-order valence-corrected chi connectivity index (χ4v) is 2.77. The fraction of sp³-hybridized carbons (Fsp3) is 0.389. The molecule has 0 saturated carbocycles. The lowest BCUT2D eigenvalue weighted by Crippen LogP contribution is -2.48. The van der Waals surface area contributed by atoms with Crippen LogP contribution in [0.5, 0.6) is 5.75 Å². The Bertz CT molecular complexity index is 591. The molecule has 2 aromatic rings. The highest BCUT2D eigenvalue weighted by atomic mass is 16.5. The first kappa shape index (κ1) is 14.1. The summed E-state index contributed by atoms with van der Waals surface area (Å²) in [6.07, 6.45) is 3.54. The SMILES string of the molecule is Cc1ccc(C)c(CN2CC(COc3cccnc3)C2)c1. The molecule has 0 N–H and O–H groups in total. The lowest BCUT2D eigenvalue weighted by Gasteiger charge is -2.39. The van der Waals surface area contributed by atoms with Crippen LogP contribution in [0.25, 0.3) is 0 Å². The van der Waals surface area contributed by atoms with Crippen LogP contribution in [0.3, 0.4) is 0 Å². The van der Waals surface area contributed by atoms with Gasteiger partial charge in [-0.3, -0.25) is 9.88 Å². The van der Waals surface area contributed by atoms with E-state index < -0.39 is 0 Å². The minimum Gasteiger partial charge on any atom is -0.492 e. The topological polar surface area (TPSA) is 25.4 Å². The lowest BCUT2D eigenvalue weighted by molar-refractivity contribution is 0.0555. The average Bonchev–Trinajstić information content (AvgIpc) is 2.46. The summed E-state index contributed by atoms with van der Waals surface area (Å²) < 4.78 is 5.76. The van der Waals surface area contributed by atoms with Gasteiger partial charge in [-0.25, -0.2) is 0 Å². The van der Waals surface area contributed by atoms with E-state index >= 15 is 0 Å². The maximum atomic E-state index is 5.76. The number of hydrogen-bond acceptors (Lipinski definition) is 3. The van der Waals surface area contributed by atoms with Gasteiger partial charge < -0.3 is 4.74 Å². The van der Waals surface area contributed by atoms with Crippen molar-refractivity contribution in [3.8, 4) is 5.75 Å². The molecule has 3 nitrogen and oxygen atoms in total. The second-order valence-corrected chi connectivity index (χ2v) is 5.99. The van der Waals surface area contributed by atoms with E-state index in [1.54, 1.807) is 12.4 Å². The van der Waals surface area contributed by atoms with Crippen molar-refractivity contribution in [2.24, 2.45) is 5.92 Å². The van der Waals surface area contributed by atoms with Crippen LogP contribution in [0.15, 0.2) is 42.7 Å². The molecule has 3 rings (SSSR count). The molecule has 1 aromatic heterocycles. The molecule has 2 heterocycles. The Morgan fingerprint density at radius 2 is 2.10 bits per heavy atom. The van der Waals surface area contributed by atoms with Gasteiger partial charge in [0.15, 0.2) is 0 Å². The van der Waals surface area contributed by atoms with Gasteiger partial charge in [-0.05, 0) is 37.1 Å². The summed E-state index contributed by atoms with van der Waals surface area (Å²) in [4.78, 5) is 6.54. The van der Waals surface area contributed by atoms with E-state index in [2.05, 4.69) is 41.9 Å². The van der Waals surface area contributed by atoms with Gasteiger partial charge in [-0.15, -0.1) is 0 Å². The van der Waals surface area contributed by atoms with Gasteiger partial charge in [-0.1, -0.05) is 23.8 Å². The lowest BCUT2D eigenvalue weighted by atomic mass is 9.98. The van der Waals surface area contributed by atoms with Crippen molar-refractivity contribution in [3.05, 3.63) is 59.4 Å². The molecule has 21 heavy (non-hydrogen) atoms. The van der Waals surface area contributed by atoms with Gasteiger partial charge in [0.2, 0.25) is 0 Å². The molecular formula is C18H22N2O. The molecule has 0 aliphatic carbocycles. The number of rotatable bonds is 5. The number of pyridine rings is 1. The summed E-state index contributed by atoms with van der Waals surface area (Å²) in [5, 5.41) is 0. The molecule has 0 bridgehead atoms. The predicted octanol–water partition coefficient (Wildman–Crippen LogP) is 3.21. The molecule has 1 aromatic carbocycles. The van der Waals surface area contributed by atoms with Crippen molar-refractivity contribution < 1.29 is 4.74 Å². The van der Waals surface area contributed by atoms with Crippen LogP contribution in [0, 0.1) is 19.8 Å². The van der Waals surface area contributed by atoms with Crippen LogP contribution in [-0.4, -0.2) is 29.6 Å². The maximum absolute atomic E-state index is 5.76. The van der Waals surface area contributed by atoms with E-state index in [1.165, 1.54) is 16.7 Å². The van der Waals surface area contributed by atoms with Crippen LogP contribution in [0.4, 0.5) is 0 Å². The second-order valence-electron chi connectivity index (χ2n) is 5.99. The summed E-state index contributed by atoms with van der Waals surface area (Å²) in [5.74, 6) is 1.50. The number of aromatic nitrogens is 1. The minimum absolute atomic E-state index is 0.635. The van der Waals surface area contributed by atoms with Gasteiger partial charge in [0.05, 0.1) is 12.8 Å². The van der Waals surface area contributed by atoms with Gasteiger partial charge in [0, 0.05) is 31.7 Å². The van der Waals surface area contributed by atoms with Crippen molar-refractivity contribution in [2.45, 2.75) is 20.4 Å². The van der Waals surface area contributed by atoms with E-state index in [0.29, 0.717) is 5.92 Å². The predicted molar refractivity (Wildman–Crippen MR) is 84.4 cm³/mol. The smallest absolute Gasteiger partial charge is 0.137 e. The number of benzene rings is 1. The van der Waals surface area contributed by atoms with E-state index in [1.807, 2.05) is 12.1 Å². The Hall–Kier alpha value is -1.87. The van der Waals surface area contributed by atoms with Crippen LogP contribution >= 0.6 is 0 Å². The molecule has 0 spiro atoms. The summed E-state index contributed by atoms with van der Waals surface area (Å²) >= 11 is 0. The number of likely N-dealkylation sites (tertiary alicyclic amines) is 1. The van der Waals surface area contributed by atoms with Gasteiger partial charge >= 0.3 is 0 Å². The zero-order chi connectivity index (χ0) is 14.7. The fourth-order valence-electron chi connectivity index (χ4n) is 2.77. The Kier molecular flexibility index (Phi) is 4.20. The third-order valence-electron chi connectivity index (χ3n) is 4.05. The highest BCUT2D eigenvalue weighted by Gasteiger charge is 2.27. The van der Waals surface area contributed by atoms with E-state index in [9.17, 15) is 0 Å². The summed E-state index contributed by atoms with van der Waals surface area (Å²) in [6.45, 7) is 8.42. The third-order valence-corrected chi connectivity index (χ3v) is 4.05. The normalized spacial score (nSPS) is 15.7. The molecule has 110 valence electrons. The van der Waals surface area contributed by atoms with Crippen LogP contribution in [-0.2, 0) is 6.54 Å². The zero-order valence-corrected chi connectivity index (χ0v) is 12.7. The highest BCUT2D eigenvalue weighted by Crippen LogP contribution is 2.22. The highest BCUT2D eigenvalue weighted by molar-refractivity contribution is 5.30. The Morgan fingerprint density at radius 3 is 2.86 bits per heavy atom. The standard InChI is InChI=1S/C18H22N2O/c1-14-5-6-15(2)17(8-14)12-20-10-16(11-20)13-21-18-4-3-7-19-9-18/h3-9,16H,10-13H2,1-2H3. The molecule has 1 saturated heterocycles. The molecule has 1 aliphatic rings. The molecule has 0 atom stereocenters. The average molecular weight is 282 g/mol. The van der Waals surface area contributed by atoms with E-state index in [-0.39, 0.29) is 0 Å². The quantitative estimate of drug-likeness (QED) is 0.842. The zero-order valence-electron chi connectivity index (χ0n) is 12.7. The van der Waals surface area contributed by atoms with Crippen molar-refractivity contribution in [1.29, 1.82) is 0 Å². The Morgan fingerprint density at radius 1 is 1.24 bits per heavy atom. The summed E-state index contributed by atoms with van der Waals surface area (Å²) in [6, 6.07) is 10.6. The molecule has 3 heteroatoms. The largest absolute Gasteiger partial charge is 0.492 e. The van der Waals surface area contributed by atoms with Crippen molar-refractivity contribution in [1.82, 2.24) is 9.88 Å². The van der Waals surface area contributed by atoms with Crippen LogP contribution in [0.1, 0.15) is 16.7 Å². The minimum atomic E-state index is 0.635. The molecule has 0 amide bonds. The molecule has 1 aliphatic heterocycles. The van der Waals surface area contributed by atoms with E-state index in [0.717, 1.165) is 32.0 Å². The monoisotopic (exact) mass is 282 g/mol. The summed E-state index contributed by atoms with van der Waals surface area (Å²) in [5.41, 5.74) is 4.17. The molecular weight excluding hydrogens is 260 g/mol. The van der Waals surface area contributed by atoms with Crippen molar-refractivity contribution in [2.75, 3.05) is 19.7 Å². The maximum Gasteiger partial charge on any atom is 0.137 e. The van der Waals surface area contributed by atoms with Crippen molar-refractivity contribution in [3.63, 3.8) is 0 Å². The number of nitrogens with zero attached hydrogens (tertiary/aromatic N) is 2. The van der Waals surface area contributed by atoms with Gasteiger partial charge in [0.25, 0.3) is 0 Å². The second kappa shape index (κ2) is 6.27.